The highest BCUT2D eigenvalue weighted by Crippen LogP contribution is 2.26. The summed E-state index contributed by atoms with van der Waals surface area (Å²) in [4.78, 5) is 0. The quantitative estimate of drug-likeness (QED) is 0.841. The van der Waals surface area contributed by atoms with E-state index in [-0.39, 0.29) is 5.15 Å². The number of rotatable bonds is 3. The van der Waals surface area contributed by atoms with E-state index in [4.69, 9.17) is 21.6 Å². The van der Waals surface area contributed by atoms with E-state index in [1.807, 2.05) is 12.1 Å². The van der Waals surface area contributed by atoms with Crippen molar-refractivity contribution < 1.29 is 4.74 Å². The predicted molar refractivity (Wildman–Crippen MR) is 60.8 cm³/mol. The summed E-state index contributed by atoms with van der Waals surface area (Å²) in [6, 6.07) is 9.26. The predicted octanol–water partition coefficient (Wildman–Crippen LogP) is 3.05. The second-order valence-electron chi connectivity index (χ2n) is 2.94. The van der Waals surface area contributed by atoms with Crippen LogP contribution in [-0.4, -0.2) is 8.75 Å². The molecule has 2 rings (SSSR count). The Morgan fingerprint density at radius 1 is 1.31 bits per heavy atom. The molecule has 2 aromatic rings. The summed E-state index contributed by atoms with van der Waals surface area (Å²) < 4.78 is 13.1. The maximum absolute atomic E-state index is 8.52. The van der Waals surface area contributed by atoms with Crippen LogP contribution in [0.5, 0.6) is 11.6 Å². The Bertz CT molecular complexity index is 518. The third kappa shape index (κ3) is 2.48. The third-order valence-corrected chi connectivity index (χ3v) is 2.70. The van der Waals surface area contributed by atoms with Crippen LogP contribution in [0.3, 0.4) is 0 Å². The van der Waals surface area contributed by atoms with E-state index in [0.29, 0.717) is 18.1 Å². The van der Waals surface area contributed by atoms with Crippen LogP contribution < -0.4 is 4.74 Å². The smallest absolute Gasteiger partial charge is 0.270 e. The first-order chi connectivity index (χ1) is 7.79. The van der Waals surface area contributed by atoms with E-state index in [1.54, 1.807) is 12.1 Å². The second-order valence-corrected chi connectivity index (χ2v) is 3.83. The highest BCUT2D eigenvalue weighted by atomic mass is 35.5. The van der Waals surface area contributed by atoms with Crippen LogP contribution in [0, 0.1) is 11.3 Å². The molecule has 16 heavy (non-hydrogen) atoms. The van der Waals surface area contributed by atoms with Crippen molar-refractivity contribution in [3.8, 4) is 17.7 Å². The molecule has 0 amide bonds. The lowest BCUT2D eigenvalue weighted by Gasteiger charge is -2.02. The topological polar surface area (TPSA) is 58.8 Å². The lowest BCUT2D eigenvalue weighted by atomic mass is 10.2. The molecule has 0 bridgehead atoms. The molecule has 6 heteroatoms. The van der Waals surface area contributed by atoms with Crippen molar-refractivity contribution in [3.05, 3.63) is 35.0 Å². The van der Waals surface area contributed by atoms with Crippen LogP contribution in [0.2, 0.25) is 5.15 Å². The monoisotopic (exact) mass is 251 g/mol. The summed E-state index contributed by atoms with van der Waals surface area (Å²) >= 11 is 6.74. The standard InChI is InChI=1S/C10H6ClN3OS/c11-9-10(14-16-13-9)15-8-3-1-7(2-4-8)5-6-12/h1-4H,5H2. The van der Waals surface area contributed by atoms with Crippen molar-refractivity contribution >= 4 is 23.3 Å². The maximum atomic E-state index is 8.52. The first-order valence-corrected chi connectivity index (χ1v) is 5.52. The van der Waals surface area contributed by atoms with Gasteiger partial charge in [0.05, 0.1) is 24.2 Å². The molecular formula is C10H6ClN3OS. The van der Waals surface area contributed by atoms with E-state index in [2.05, 4.69) is 14.8 Å². The van der Waals surface area contributed by atoms with Crippen LogP contribution in [0.4, 0.5) is 0 Å². The molecule has 1 aromatic carbocycles. The Morgan fingerprint density at radius 2 is 2.06 bits per heavy atom. The van der Waals surface area contributed by atoms with Crippen molar-refractivity contribution in [2.45, 2.75) is 6.42 Å². The Morgan fingerprint density at radius 3 is 2.62 bits per heavy atom. The fourth-order valence-electron chi connectivity index (χ4n) is 1.11. The average molecular weight is 252 g/mol. The van der Waals surface area contributed by atoms with Crippen molar-refractivity contribution in [1.29, 1.82) is 5.26 Å². The van der Waals surface area contributed by atoms with E-state index < -0.39 is 0 Å². The van der Waals surface area contributed by atoms with Gasteiger partial charge in [0.2, 0.25) is 5.15 Å². The lowest BCUT2D eigenvalue weighted by molar-refractivity contribution is 0.468. The molecule has 0 aliphatic rings. The van der Waals surface area contributed by atoms with Crippen LogP contribution in [-0.2, 0) is 6.42 Å². The number of ether oxygens (including phenoxy) is 1. The molecular weight excluding hydrogens is 246 g/mol. The summed E-state index contributed by atoms with van der Waals surface area (Å²) in [5.41, 5.74) is 0.942. The summed E-state index contributed by atoms with van der Waals surface area (Å²) in [6.45, 7) is 0. The number of hydrogen-bond donors (Lipinski definition) is 0. The molecule has 1 aromatic heterocycles. The highest BCUT2D eigenvalue weighted by Gasteiger charge is 2.07. The van der Waals surface area contributed by atoms with Crippen molar-refractivity contribution in [1.82, 2.24) is 8.75 Å². The van der Waals surface area contributed by atoms with E-state index in [0.717, 1.165) is 17.3 Å². The van der Waals surface area contributed by atoms with Crippen molar-refractivity contribution in [2.24, 2.45) is 0 Å². The Kier molecular flexibility index (Phi) is 3.34. The minimum atomic E-state index is 0.256. The van der Waals surface area contributed by atoms with E-state index in [1.165, 1.54) is 0 Å². The number of benzene rings is 1. The van der Waals surface area contributed by atoms with Gasteiger partial charge in [0, 0.05) is 0 Å². The zero-order chi connectivity index (χ0) is 11.4. The van der Waals surface area contributed by atoms with Crippen LogP contribution in [0.1, 0.15) is 5.56 Å². The molecule has 0 radical (unpaired) electrons. The van der Waals surface area contributed by atoms with Gasteiger partial charge in [-0.05, 0) is 17.7 Å². The zero-order valence-corrected chi connectivity index (χ0v) is 9.63. The third-order valence-electron chi connectivity index (χ3n) is 1.84. The maximum Gasteiger partial charge on any atom is 0.270 e. The van der Waals surface area contributed by atoms with Crippen molar-refractivity contribution in [3.63, 3.8) is 0 Å². The number of nitriles is 1. The van der Waals surface area contributed by atoms with Gasteiger partial charge in [0.1, 0.15) is 5.75 Å². The zero-order valence-electron chi connectivity index (χ0n) is 8.05. The molecule has 0 saturated heterocycles. The van der Waals surface area contributed by atoms with Gasteiger partial charge in [-0.15, -0.1) is 4.37 Å². The van der Waals surface area contributed by atoms with Crippen LogP contribution >= 0.6 is 23.3 Å². The van der Waals surface area contributed by atoms with Gasteiger partial charge < -0.3 is 4.74 Å². The number of aromatic nitrogens is 2. The second kappa shape index (κ2) is 4.92. The Hall–Kier alpha value is -1.64. The summed E-state index contributed by atoms with van der Waals surface area (Å²) in [6.07, 6.45) is 0.388. The molecule has 1 heterocycles. The molecule has 0 fully saturated rings. The molecule has 0 spiro atoms. The van der Waals surface area contributed by atoms with Crippen LogP contribution in [0.25, 0.3) is 0 Å². The molecule has 0 N–H and O–H groups in total. The van der Waals surface area contributed by atoms with E-state index in [9.17, 15) is 0 Å². The Labute approximate surface area is 101 Å². The normalized spacial score (nSPS) is 9.75. The minimum Gasteiger partial charge on any atom is -0.436 e. The fraction of sp³-hybridized carbons (Fsp3) is 0.100. The number of halogens is 1. The van der Waals surface area contributed by atoms with Crippen molar-refractivity contribution in [2.75, 3.05) is 0 Å². The molecule has 0 saturated carbocycles. The highest BCUT2D eigenvalue weighted by molar-refractivity contribution is 6.99. The van der Waals surface area contributed by atoms with Crippen LogP contribution in [0.15, 0.2) is 24.3 Å². The van der Waals surface area contributed by atoms with Gasteiger partial charge >= 0.3 is 0 Å². The average Bonchev–Trinajstić information content (AvgIpc) is 2.68. The number of hydrogen-bond acceptors (Lipinski definition) is 5. The van der Waals surface area contributed by atoms with Gasteiger partial charge in [-0.2, -0.15) is 9.64 Å². The molecule has 0 aliphatic heterocycles. The van der Waals surface area contributed by atoms with Gasteiger partial charge in [-0.25, -0.2) is 0 Å². The van der Waals surface area contributed by atoms with Gasteiger partial charge in [-0.3, -0.25) is 0 Å². The van der Waals surface area contributed by atoms with Gasteiger partial charge in [0.25, 0.3) is 5.88 Å². The summed E-state index contributed by atoms with van der Waals surface area (Å²) in [5, 5.41) is 8.77. The molecule has 80 valence electrons. The first-order valence-electron chi connectivity index (χ1n) is 4.41. The lowest BCUT2D eigenvalue weighted by Crippen LogP contribution is -1.86. The minimum absolute atomic E-state index is 0.256. The molecule has 0 atom stereocenters. The molecule has 0 aliphatic carbocycles. The van der Waals surface area contributed by atoms with E-state index >= 15 is 0 Å². The molecule has 4 nitrogen and oxygen atoms in total. The Balaban J connectivity index is 2.12. The fourth-order valence-corrected chi connectivity index (χ4v) is 1.72. The first kappa shape index (κ1) is 10.9. The summed E-state index contributed by atoms with van der Waals surface area (Å²) in [7, 11) is 0. The largest absolute Gasteiger partial charge is 0.436 e. The van der Waals surface area contributed by atoms with Gasteiger partial charge in [0.15, 0.2) is 0 Å². The summed E-state index contributed by atoms with van der Waals surface area (Å²) in [5.74, 6) is 0.927. The SMILES string of the molecule is N#CCc1ccc(Oc2nsnc2Cl)cc1. The number of nitrogens with zero attached hydrogens (tertiary/aromatic N) is 3. The van der Waals surface area contributed by atoms with Gasteiger partial charge in [-0.1, -0.05) is 23.7 Å². The molecule has 0 unspecified atom stereocenters.